The Hall–Kier alpha value is -1.30. The zero-order valence-corrected chi connectivity index (χ0v) is 11.4. The summed E-state index contributed by atoms with van der Waals surface area (Å²) in [5, 5.41) is 12.0. The second-order valence-electron chi connectivity index (χ2n) is 5.54. The lowest BCUT2D eigenvalue weighted by molar-refractivity contribution is -0.144. The van der Waals surface area contributed by atoms with Crippen LogP contribution in [0.5, 0.6) is 0 Å². The zero-order valence-electron chi connectivity index (χ0n) is 11.4. The van der Waals surface area contributed by atoms with Crippen LogP contribution in [0, 0.1) is 0 Å². The van der Waals surface area contributed by atoms with Gasteiger partial charge in [0.2, 0.25) is 0 Å². The van der Waals surface area contributed by atoms with Crippen LogP contribution < -0.4 is 5.32 Å². The van der Waals surface area contributed by atoms with Gasteiger partial charge in [-0.05, 0) is 25.7 Å². The summed E-state index contributed by atoms with van der Waals surface area (Å²) in [6, 6.07) is -0.320. The lowest BCUT2D eigenvalue weighted by Crippen LogP contribution is -2.56. The highest BCUT2D eigenvalue weighted by Gasteiger charge is 2.43. The molecule has 1 aliphatic heterocycles. The van der Waals surface area contributed by atoms with Crippen LogP contribution in [0.2, 0.25) is 0 Å². The van der Waals surface area contributed by atoms with Gasteiger partial charge in [0.25, 0.3) is 0 Å². The standard InChI is InChI=1S/C13H22N2O4/c1-15(9-10-5-4-8-19-10)12(18)14-13(11(16)17)6-2-3-7-13/h10H,2-9H2,1H3,(H,14,18)(H,16,17). The van der Waals surface area contributed by atoms with Gasteiger partial charge in [-0.2, -0.15) is 0 Å². The molecule has 0 spiro atoms. The van der Waals surface area contributed by atoms with Crippen LogP contribution in [0.1, 0.15) is 38.5 Å². The normalized spacial score (nSPS) is 25.2. The minimum absolute atomic E-state index is 0.0834. The Labute approximate surface area is 113 Å². The van der Waals surface area contributed by atoms with Crippen molar-refractivity contribution in [2.45, 2.75) is 50.2 Å². The van der Waals surface area contributed by atoms with Crippen LogP contribution in [0.4, 0.5) is 4.79 Å². The number of hydrogen-bond acceptors (Lipinski definition) is 3. The molecule has 0 aromatic carbocycles. The molecule has 1 heterocycles. The molecule has 2 N–H and O–H groups in total. The van der Waals surface area contributed by atoms with E-state index in [9.17, 15) is 14.7 Å². The molecule has 6 heteroatoms. The number of carbonyl (C=O) groups excluding carboxylic acids is 1. The van der Waals surface area contributed by atoms with Gasteiger partial charge in [-0.1, -0.05) is 12.8 Å². The number of rotatable bonds is 4. The fourth-order valence-corrected chi connectivity index (χ4v) is 2.85. The monoisotopic (exact) mass is 270 g/mol. The van der Waals surface area contributed by atoms with Crippen molar-refractivity contribution < 1.29 is 19.4 Å². The third-order valence-electron chi connectivity index (χ3n) is 4.06. The van der Waals surface area contributed by atoms with Crippen LogP contribution in [-0.2, 0) is 9.53 Å². The van der Waals surface area contributed by atoms with Crippen molar-refractivity contribution in [3.05, 3.63) is 0 Å². The van der Waals surface area contributed by atoms with Gasteiger partial charge in [-0.25, -0.2) is 9.59 Å². The van der Waals surface area contributed by atoms with E-state index in [0.717, 1.165) is 32.3 Å². The summed E-state index contributed by atoms with van der Waals surface area (Å²) in [6.45, 7) is 1.26. The molecular formula is C13H22N2O4. The number of urea groups is 1. The van der Waals surface area contributed by atoms with E-state index in [0.29, 0.717) is 19.4 Å². The first-order valence-corrected chi connectivity index (χ1v) is 6.92. The van der Waals surface area contributed by atoms with Crippen molar-refractivity contribution in [2.24, 2.45) is 0 Å². The van der Waals surface area contributed by atoms with E-state index in [-0.39, 0.29) is 12.1 Å². The summed E-state index contributed by atoms with van der Waals surface area (Å²) in [7, 11) is 1.68. The topological polar surface area (TPSA) is 78.9 Å². The minimum Gasteiger partial charge on any atom is -0.480 e. The number of aliphatic carboxylic acids is 1. The van der Waals surface area contributed by atoms with Crippen molar-refractivity contribution in [3.63, 3.8) is 0 Å². The summed E-state index contributed by atoms with van der Waals surface area (Å²) in [5.74, 6) is -0.927. The summed E-state index contributed by atoms with van der Waals surface area (Å²) >= 11 is 0. The van der Waals surface area contributed by atoms with Crippen LogP contribution in [0.3, 0.4) is 0 Å². The summed E-state index contributed by atoms with van der Waals surface area (Å²) in [6.07, 6.45) is 4.80. The average molecular weight is 270 g/mol. The predicted octanol–water partition coefficient (Wildman–Crippen LogP) is 1.20. The molecule has 1 saturated heterocycles. The molecule has 108 valence electrons. The van der Waals surface area contributed by atoms with Crippen LogP contribution in [-0.4, -0.2) is 53.8 Å². The maximum Gasteiger partial charge on any atom is 0.329 e. The number of likely N-dealkylation sites (N-methyl/N-ethyl adjacent to an activating group) is 1. The number of carboxylic acids is 1. The van der Waals surface area contributed by atoms with Crippen LogP contribution in [0.15, 0.2) is 0 Å². The molecule has 2 fully saturated rings. The van der Waals surface area contributed by atoms with E-state index in [4.69, 9.17) is 4.74 Å². The molecule has 0 aromatic heterocycles. The Morgan fingerprint density at radius 1 is 1.37 bits per heavy atom. The van der Waals surface area contributed by atoms with Crippen molar-refractivity contribution in [1.29, 1.82) is 0 Å². The average Bonchev–Trinajstić information content (AvgIpc) is 3.00. The van der Waals surface area contributed by atoms with E-state index < -0.39 is 11.5 Å². The second-order valence-corrected chi connectivity index (χ2v) is 5.54. The molecule has 1 atom stereocenters. The smallest absolute Gasteiger partial charge is 0.329 e. The molecule has 1 unspecified atom stereocenters. The van der Waals surface area contributed by atoms with Gasteiger partial charge in [0.05, 0.1) is 6.10 Å². The third kappa shape index (κ3) is 3.18. The highest BCUT2D eigenvalue weighted by Crippen LogP contribution is 2.30. The van der Waals surface area contributed by atoms with Gasteiger partial charge < -0.3 is 20.1 Å². The Balaban J connectivity index is 1.89. The minimum atomic E-state index is -1.07. The SMILES string of the molecule is CN(CC1CCCO1)C(=O)NC1(C(=O)O)CCCC1. The number of nitrogens with one attached hydrogen (secondary N) is 1. The molecule has 6 nitrogen and oxygen atoms in total. The van der Waals surface area contributed by atoms with Crippen LogP contribution >= 0.6 is 0 Å². The van der Waals surface area contributed by atoms with Crippen LogP contribution in [0.25, 0.3) is 0 Å². The lowest BCUT2D eigenvalue weighted by Gasteiger charge is -2.29. The van der Waals surface area contributed by atoms with Gasteiger partial charge in [-0.15, -0.1) is 0 Å². The Bertz CT molecular complexity index is 347. The summed E-state index contributed by atoms with van der Waals surface area (Å²) < 4.78 is 5.48. The first-order valence-electron chi connectivity index (χ1n) is 6.92. The lowest BCUT2D eigenvalue weighted by atomic mass is 9.98. The molecule has 0 bridgehead atoms. The van der Waals surface area contributed by atoms with E-state index in [1.54, 1.807) is 7.05 Å². The largest absolute Gasteiger partial charge is 0.480 e. The molecule has 0 radical (unpaired) electrons. The Kier molecular flexibility index (Phi) is 4.29. The first kappa shape index (κ1) is 14.1. The van der Waals surface area contributed by atoms with Gasteiger partial charge in [0.15, 0.2) is 0 Å². The fourth-order valence-electron chi connectivity index (χ4n) is 2.85. The molecule has 19 heavy (non-hydrogen) atoms. The third-order valence-corrected chi connectivity index (χ3v) is 4.06. The number of nitrogens with zero attached hydrogens (tertiary/aromatic N) is 1. The van der Waals surface area contributed by atoms with Crippen molar-refractivity contribution in [1.82, 2.24) is 10.2 Å². The molecule has 2 amide bonds. The molecular weight excluding hydrogens is 248 g/mol. The second kappa shape index (κ2) is 5.77. The number of amides is 2. The van der Waals surface area contributed by atoms with E-state index in [2.05, 4.69) is 5.32 Å². The molecule has 1 aliphatic carbocycles. The summed E-state index contributed by atoms with van der Waals surface area (Å²) in [5.41, 5.74) is -1.07. The zero-order chi connectivity index (χ0) is 13.9. The van der Waals surface area contributed by atoms with Gasteiger partial charge >= 0.3 is 12.0 Å². The number of ether oxygens (including phenoxy) is 1. The fraction of sp³-hybridized carbons (Fsp3) is 0.846. The first-order chi connectivity index (χ1) is 9.03. The molecule has 1 saturated carbocycles. The Morgan fingerprint density at radius 2 is 2.05 bits per heavy atom. The maximum absolute atomic E-state index is 12.1. The van der Waals surface area contributed by atoms with Crippen molar-refractivity contribution in [2.75, 3.05) is 20.2 Å². The quantitative estimate of drug-likeness (QED) is 0.804. The predicted molar refractivity (Wildman–Crippen MR) is 69.0 cm³/mol. The van der Waals surface area contributed by atoms with Gasteiger partial charge in [0.1, 0.15) is 5.54 Å². The van der Waals surface area contributed by atoms with E-state index in [1.807, 2.05) is 0 Å². The van der Waals surface area contributed by atoms with E-state index >= 15 is 0 Å². The number of carbonyl (C=O) groups is 2. The highest BCUT2D eigenvalue weighted by molar-refractivity contribution is 5.86. The van der Waals surface area contributed by atoms with Gasteiger partial charge in [0, 0.05) is 20.2 Å². The van der Waals surface area contributed by atoms with E-state index in [1.165, 1.54) is 4.90 Å². The number of hydrogen-bond donors (Lipinski definition) is 2. The number of carboxylic acid groups (broad SMARTS) is 1. The van der Waals surface area contributed by atoms with Gasteiger partial charge in [-0.3, -0.25) is 0 Å². The van der Waals surface area contributed by atoms with Crippen molar-refractivity contribution in [3.8, 4) is 0 Å². The Morgan fingerprint density at radius 3 is 2.58 bits per heavy atom. The summed E-state index contributed by atoms with van der Waals surface area (Å²) in [4.78, 5) is 25.0. The molecule has 2 aliphatic rings. The highest BCUT2D eigenvalue weighted by atomic mass is 16.5. The van der Waals surface area contributed by atoms with Crippen molar-refractivity contribution >= 4 is 12.0 Å². The maximum atomic E-state index is 12.1. The molecule has 0 aromatic rings. The molecule has 2 rings (SSSR count).